The zero-order valence-electron chi connectivity index (χ0n) is 13.4. The first-order valence-corrected chi connectivity index (χ1v) is 8.61. The Balaban J connectivity index is 2.66. The van der Waals surface area contributed by atoms with Gasteiger partial charge in [0, 0.05) is 0 Å². The summed E-state index contributed by atoms with van der Waals surface area (Å²) in [7, 11) is -3.87. The fourth-order valence-electron chi connectivity index (χ4n) is 2.71. The molecule has 122 valence electrons. The Bertz CT molecular complexity index is 807. The third kappa shape index (κ3) is 3.53. The Morgan fingerprint density at radius 1 is 1.04 bits per heavy atom. The number of primary amides is 1. The van der Waals surface area contributed by atoms with Crippen LogP contribution in [0.25, 0.3) is 0 Å². The number of carbonyl (C=O) groups is 1. The third-order valence-electron chi connectivity index (χ3n) is 3.52. The molecule has 0 aliphatic carbocycles. The Morgan fingerprint density at radius 2 is 1.57 bits per heavy atom. The second kappa shape index (κ2) is 6.42. The van der Waals surface area contributed by atoms with Gasteiger partial charge in [0.05, 0.1) is 10.6 Å². The summed E-state index contributed by atoms with van der Waals surface area (Å²) in [5.74, 6) is -0.705. The molecule has 0 aromatic heterocycles. The predicted molar refractivity (Wildman–Crippen MR) is 90.8 cm³/mol. The topological polar surface area (TPSA) is 80.5 Å². The van der Waals surface area contributed by atoms with E-state index in [-0.39, 0.29) is 4.90 Å². The van der Waals surface area contributed by atoms with Crippen LogP contribution in [0.5, 0.6) is 0 Å². The molecule has 0 aliphatic heterocycles. The Kier molecular flexibility index (Phi) is 4.75. The van der Waals surface area contributed by atoms with Gasteiger partial charge >= 0.3 is 0 Å². The monoisotopic (exact) mass is 332 g/mol. The van der Waals surface area contributed by atoms with Crippen LogP contribution < -0.4 is 10.0 Å². The van der Waals surface area contributed by atoms with Crippen LogP contribution in [-0.4, -0.2) is 20.9 Å². The zero-order chi connectivity index (χ0) is 17.2. The van der Waals surface area contributed by atoms with E-state index in [1.54, 1.807) is 18.2 Å². The standard InChI is InChI=1S/C17H20N2O3S/c1-12-9-13(2)17(14(3)10-12)19(11-16(18)20)23(21,22)15-7-5-4-6-8-15/h4-10H,11H2,1-3H3,(H2,18,20). The minimum absolute atomic E-state index is 0.126. The van der Waals surface area contributed by atoms with Crippen LogP contribution in [0, 0.1) is 20.8 Å². The van der Waals surface area contributed by atoms with Gasteiger partial charge in [0.1, 0.15) is 6.54 Å². The molecule has 6 heteroatoms. The number of carbonyl (C=O) groups excluding carboxylic acids is 1. The minimum atomic E-state index is -3.87. The second-order valence-electron chi connectivity index (χ2n) is 5.54. The van der Waals surface area contributed by atoms with E-state index in [1.807, 2.05) is 32.9 Å². The number of nitrogens with two attached hydrogens (primary N) is 1. The van der Waals surface area contributed by atoms with E-state index in [9.17, 15) is 13.2 Å². The van der Waals surface area contributed by atoms with Crippen molar-refractivity contribution in [3.8, 4) is 0 Å². The van der Waals surface area contributed by atoms with E-state index < -0.39 is 22.5 Å². The van der Waals surface area contributed by atoms with Gasteiger partial charge in [0.25, 0.3) is 10.0 Å². The van der Waals surface area contributed by atoms with Gasteiger partial charge in [-0.1, -0.05) is 35.9 Å². The molecular formula is C17H20N2O3S. The second-order valence-corrected chi connectivity index (χ2v) is 7.40. The number of benzene rings is 2. The molecular weight excluding hydrogens is 312 g/mol. The third-order valence-corrected chi connectivity index (χ3v) is 5.28. The van der Waals surface area contributed by atoms with E-state index in [0.717, 1.165) is 21.0 Å². The lowest BCUT2D eigenvalue weighted by molar-refractivity contribution is -0.116. The van der Waals surface area contributed by atoms with Crippen molar-refractivity contribution in [1.82, 2.24) is 0 Å². The van der Waals surface area contributed by atoms with Gasteiger partial charge in [-0.15, -0.1) is 0 Å². The summed E-state index contributed by atoms with van der Waals surface area (Å²) >= 11 is 0. The highest BCUT2D eigenvalue weighted by Crippen LogP contribution is 2.30. The van der Waals surface area contributed by atoms with Gasteiger partial charge in [0.15, 0.2) is 0 Å². The predicted octanol–water partition coefficient (Wildman–Crippen LogP) is 2.29. The average molecular weight is 332 g/mol. The van der Waals surface area contributed by atoms with Crippen LogP contribution in [0.2, 0.25) is 0 Å². The molecule has 0 unspecified atom stereocenters. The van der Waals surface area contributed by atoms with Crippen LogP contribution in [0.15, 0.2) is 47.4 Å². The van der Waals surface area contributed by atoms with Crippen molar-refractivity contribution in [3.05, 3.63) is 59.2 Å². The van der Waals surface area contributed by atoms with Gasteiger partial charge in [-0.05, 0) is 44.0 Å². The number of nitrogens with zero attached hydrogens (tertiary/aromatic N) is 1. The zero-order valence-corrected chi connectivity index (χ0v) is 14.2. The summed E-state index contributed by atoms with van der Waals surface area (Å²) in [5, 5.41) is 0. The fraction of sp³-hybridized carbons (Fsp3) is 0.235. The molecule has 0 saturated heterocycles. The summed E-state index contributed by atoms with van der Waals surface area (Å²) in [6.45, 7) is 5.18. The van der Waals surface area contributed by atoms with E-state index in [1.165, 1.54) is 12.1 Å². The first-order valence-electron chi connectivity index (χ1n) is 7.17. The highest BCUT2D eigenvalue weighted by Gasteiger charge is 2.28. The lowest BCUT2D eigenvalue weighted by Crippen LogP contribution is -2.39. The van der Waals surface area contributed by atoms with E-state index >= 15 is 0 Å². The lowest BCUT2D eigenvalue weighted by atomic mass is 10.1. The number of rotatable bonds is 5. The van der Waals surface area contributed by atoms with Crippen molar-refractivity contribution >= 4 is 21.6 Å². The van der Waals surface area contributed by atoms with Crippen molar-refractivity contribution in [2.45, 2.75) is 25.7 Å². The summed E-state index contributed by atoms with van der Waals surface area (Å²) in [6.07, 6.45) is 0. The van der Waals surface area contributed by atoms with Crippen LogP contribution in [0.3, 0.4) is 0 Å². The number of hydrogen-bond acceptors (Lipinski definition) is 3. The number of anilines is 1. The Morgan fingerprint density at radius 3 is 2.04 bits per heavy atom. The molecule has 23 heavy (non-hydrogen) atoms. The highest BCUT2D eigenvalue weighted by atomic mass is 32.2. The molecule has 0 saturated carbocycles. The summed E-state index contributed by atoms with van der Waals surface area (Å²) in [4.78, 5) is 11.6. The van der Waals surface area contributed by atoms with Crippen LogP contribution >= 0.6 is 0 Å². The Labute approximate surface area is 136 Å². The molecule has 5 nitrogen and oxygen atoms in total. The molecule has 2 aromatic rings. The molecule has 0 aliphatic rings. The fourth-order valence-corrected chi connectivity index (χ4v) is 4.29. The molecule has 1 amide bonds. The first kappa shape index (κ1) is 17.0. The van der Waals surface area contributed by atoms with Gasteiger partial charge in [-0.25, -0.2) is 8.42 Å². The van der Waals surface area contributed by atoms with Crippen molar-refractivity contribution in [1.29, 1.82) is 0 Å². The van der Waals surface area contributed by atoms with Crippen molar-refractivity contribution in [2.75, 3.05) is 10.8 Å². The smallest absolute Gasteiger partial charge is 0.264 e. The largest absolute Gasteiger partial charge is 0.368 e. The van der Waals surface area contributed by atoms with Crippen LogP contribution in [-0.2, 0) is 14.8 Å². The summed E-state index contributed by atoms with van der Waals surface area (Å²) in [6, 6.07) is 11.8. The molecule has 0 bridgehead atoms. The molecule has 2 rings (SSSR count). The van der Waals surface area contributed by atoms with Crippen molar-refractivity contribution in [2.24, 2.45) is 5.73 Å². The van der Waals surface area contributed by atoms with Gasteiger partial charge in [-0.2, -0.15) is 0 Å². The number of sulfonamides is 1. The van der Waals surface area contributed by atoms with Gasteiger partial charge in [-0.3, -0.25) is 9.10 Å². The van der Waals surface area contributed by atoms with E-state index in [0.29, 0.717) is 5.69 Å². The average Bonchev–Trinajstić information content (AvgIpc) is 2.45. The molecule has 2 aromatic carbocycles. The maximum atomic E-state index is 13.0. The van der Waals surface area contributed by atoms with Gasteiger partial charge < -0.3 is 5.73 Å². The van der Waals surface area contributed by atoms with E-state index in [2.05, 4.69) is 0 Å². The van der Waals surface area contributed by atoms with Gasteiger partial charge in [0.2, 0.25) is 5.91 Å². The number of amides is 1. The first-order chi connectivity index (χ1) is 10.7. The molecule has 0 heterocycles. The van der Waals surface area contributed by atoms with E-state index in [4.69, 9.17) is 5.73 Å². The maximum absolute atomic E-state index is 13.0. The maximum Gasteiger partial charge on any atom is 0.264 e. The molecule has 0 radical (unpaired) electrons. The highest BCUT2D eigenvalue weighted by molar-refractivity contribution is 7.92. The molecule has 0 fully saturated rings. The van der Waals surface area contributed by atoms with Crippen molar-refractivity contribution in [3.63, 3.8) is 0 Å². The number of hydrogen-bond donors (Lipinski definition) is 1. The van der Waals surface area contributed by atoms with Crippen LogP contribution in [0.4, 0.5) is 5.69 Å². The lowest BCUT2D eigenvalue weighted by Gasteiger charge is -2.27. The number of aryl methyl sites for hydroxylation is 3. The quantitative estimate of drug-likeness (QED) is 0.912. The normalized spacial score (nSPS) is 11.3. The van der Waals surface area contributed by atoms with Crippen LogP contribution in [0.1, 0.15) is 16.7 Å². The summed E-state index contributed by atoms with van der Waals surface area (Å²) in [5.41, 5.74) is 8.38. The minimum Gasteiger partial charge on any atom is -0.368 e. The molecule has 0 atom stereocenters. The SMILES string of the molecule is Cc1cc(C)c(N(CC(N)=O)S(=O)(=O)c2ccccc2)c(C)c1. The molecule has 0 spiro atoms. The molecule has 2 N–H and O–H groups in total. The van der Waals surface area contributed by atoms with Crippen molar-refractivity contribution < 1.29 is 13.2 Å². The Hall–Kier alpha value is -2.34. The summed E-state index contributed by atoms with van der Waals surface area (Å²) < 4.78 is 27.0.